The number of rotatable bonds is 6. The van der Waals surface area contributed by atoms with E-state index < -0.39 is 15.7 Å². The first-order chi connectivity index (χ1) is 16.9. The maximum Gasteiger partial charge on any atom is 0.236 e. The average molecular weight is 511 g/mol. The molecular weight excluding hydrogens is 487 g/mol. The molecule has 3 aromatic carbocycles. The summed E-state index contributed by atoms with van der Waals surface area (Å²) in [6, 6.07) is 22.0. The van der Waals surface area contributed by atoms with Crippen molar-refractivity contribution in [2.75, 3.05) is 18.0 Å². The molecule has 0 bridgehead atoms. The summed E-state index contributed by atoms with van der Waals surface area (Å²) in [6.07, 6.45) is 2.80. The van der Waals surface area contributed by atoms with Crippen molar-refractivity contribution in [3.8, 4) is 11.5 Å². The fourth-order valence-electron chi connectivity index (χ4n) is 4.40. The van der Waals surface area contributed by atoms with Gasteiger partial charge in [0.05, 0.1) is 4.90 Å². The number of halogens is 2. The van der Waals surface area contributed by atoms with Gasteiger partial charge in [-0.15, -0.1) is 0 Å². The van der Waals surface area contributed by atoms with E-state index in [0.717, 1.165) is 31.4 Å². The summed E-state index contributed by atoms with van der Waals surface area (Å²) in [5.41, 5.74) is 1.92. The number of piperidine rings is 1. The third-order valence-electron chi connectivity index (χ3n) is 6.32. The van der Waals surface area contributed by atoms with Crippen LogP contribution in [0.1, 0.15) is 18.4 Å². The summed E-state index contributed by atoms with van der Waals surface area (Å²) in [5.74, 6) is 0.414. The second-order valence-electron chi connectivity index (χ2n) is 8.71. The highest BCUT2D eigenvalue weighted by Crippen LogP contribution is 2.37. The van der Waals surface area contributed by atoms with Gasteiger partial charge in [-0.25, -0.2) is 12.8 Å². The van der Waals surface area contributed by atoms with E-state index in [9.17, 15) is 12.8 Å². The van der Waals surface area contributed by atoms with E-state index in [4.69, 9.17) is 16.0 Å². The second-order valence-corrected chi connectivity index (χ2v) is 11.0. The highest BCUT2D eigenvalue weighted by molar-refractivity contribution is 7.91. The van der Waals surface area contributed by atoms with Gasteiger partial charge in [-0.1, -0.05) is 41.9 Å². The SMILES string of the molecule is O=S(=O)(c1ccc(F)cc1)c1nc(-c2ccc(Cl)cc2)oc1N1CCC(Cc2ccccc2)CC1. The van der Waals surface area contributed by atoms with Gasteiger partial charge in [0.15, 0.2) is 0 Å². The molecule has 0 radical (unpaired) electrons. The average Bonchev–Trinajstić information content (AvgIpc) is 3.32. The molecular formula is C27H24ClFN2O3S. The summed E-state index contributed by atoms with van der Waals surface area (Å²) in [6.45, 7) is 1.30. The molecule has 2 heterocycles. The third-order valence-corrected chi connectivity index (χ3v) is 8.24. The second kappa shape index (κ2) is 9.84. The number of aromatic nitrogens is 1. The van der Waals surface area contributed by atoms with E-state index in [1.54, 1.807) is 24.3 Å². The monoisotopic (exact) mass is 510 g/mol. The lowest BCUT2D eigenvalue weighted by Crippen LogP contribution is -2.34. The number of hydrogen-bond acceptors (Lipinski definition) is 5. The predicted molar refractivity (Wildman–Crippen MR) is 134 cm³/mol. The van der Waals surface area contributed by atoms with Gasteiger partial charge in [0, 0.05) is 23.7 Å². The standard InChI is InChI=1S/C27H24ClFN2O3S/c28-22-8-6-21(7-9-22)25-30-26(35(32,33)24-12-10-23(29)11-13-24)27(34-25)31-16-14-20(15-17-31)18-19-4-2-1-3-5-19/h1-13,20H,14-18H2. The maximum atomic E-state index is 13.5. The van der Waals surface area contributed by atoms with Gasteiger partial charge in [-0.05, 0) is 79.3 Å². The van der Waals surface area contributed by atoms with Gasteiger partial charge >= 0.3 is 0 Å². The third kappa shape index (κ3) is 5.11. The Kier molecular flexibility index (Phi) is 6.62. The summed E-state index contributed by atoms with van der Waals surface area (Å²) in [7, 11) is -4.03. The van der Waals surface area contributed by atoms with E-state index in [0.29, 0.717) is 29.6 Å². The molecule has 35 heavy (non-hydrogen) atoms. The van der Waals surface area contributed by atoms with E-state index in [1.165, 1.54) is 17.7 Å². The van der Waals surface area contributed by atoms with Crippen LogP contribution in [0.25, 0.3) is 11.5 Å². The van der Waals surface area contributed by atoms with Gasteiger partial charge in [0.1, 0.15) is 5.82 Å². The molecule has 0 spiro atoms. The number of hydrogen-bond donors (Lipinski definition) is 0. The molecule has 8 heteroatoms. The van der Waals surface area contributed by atoms with Crippen LogP contribution < -0.4 is 4.90 Å². The first-order valence-corrected chi connectivity index (χ1v) is 13.3. The fourth-order valence-corrected chi connectivity index (χ4v) is 5.85. The van der Waals surface area contributed by atoms with Crippen molar-refractivity contribution >= 4 is 27.3 Å². The van der Waals surface area contributed by atoms with Crippen molar-refractivity contribution in [2.24, 2.45) is 5.92 Å². The first-order valence-electron chi connectivity index (χ1n) is 11.5. The van der Waals surface area contributed by atoms with E-state index in [-0.39, 0.29) is 21.7 Å². The molecule has 180 valence electrons. The molecule has 1 fully saturated rings. The maximum absolute atomic E-state index is 13.5. The van der Waals surface area contributed by atoms with Crippen LogP contribution in [0, 0.1) is 11.7 Å². The molecule has 0 amide bonds. The van der Waals surface area contributed by atoms with Crippen molar-refractivity contribution in [3.63, 3.8) is 0 Å². The Morgan fingerprint density at radius 2 is 1.60 bits per heavy atom. The number of benzene rings is 3. The summed E-state index contributed by atoms with van der Waals surface area (Å²) in [4.78, 5) is 6.33. The minimum Gasteiger partial charge on any atom is -0.419 e. The lowest BCUT2D eigenvalue weighted by molar-refractivity contribution is 0.387. The first kappa shape index (κ1) is 23.6. The number of oxazole rings is 1. The lowest BCUT2D eigenvalue weighted by Gasteiger charge is -2.32. The van der Waals surface area contributed by atoms with Crippen LogP contribution in [-0.2, 0) is 16.3 Å². The zero-order valence-corrected chi connectivity index (χ0v) is 20.5. The minimum absolute atomic E-state index is 0.0323. The molecule has 4 aromatic rings. The highest BCUT2D eigenvalue weighted by atomic mass is 35.5. The Hall–Kier alpha value is -3.16. The smallest absolute Gasteiger partial charge is 0.236 e. The number of sulfone groups is 1. The molecule has 0 atom stereocenters. The number of nitrogens with zero attached hydrogens (tertiary/aromatic N) is 2. The zero-order valence-electron chi connectivity index (χ0n) is 18.9. The van der Waals surface area contributed by atoms with E-state index >= 15 is 0 Å². The van der Waals surface area contributed by atoms with Gasteiger partial charge in [0.25, 0.3) is 0 Å². The highest BCUT2D eigenvalue weighted by Gasteiger charge is 2.33. The summed E-state index contributed by atoms with van der Waals surface area (Å²) < 4.78 is 46.6. The van der Waals surface area contributed by atoms with Crippen LogP contribution in [0.4, 0.5) is 10.3 Å². The molecule has 1 aliphatic heterocycles. The molecule has 0 aliphatic carbocycles. The van der Waals surface area contributed by atoms with Crippen LogP contribution in [-0.4, -0.2) is 26.5 Å². The molecule has 1 saturated heterocycles. The van der Waals surface area contributed by atoms with Crippen LogP contribution in [0.3, 0.4) is 0 Å². The van der Waals surface area contributed by atoms with Crippen LogP contribution >= 0.6 is 11.6 Å². The van der Waals surface area contributed by atoms with Crippen LogP contribution in [0.5, 0.6) is 0 Å². The van der Waals surface area contributed by atoms with Gasteiger partial charge < -0.3 is 9.32 Å². The van der Waals surface area contributed by atoms with Crippen LogP contribution in [0.15, 0.2) is 93.2 Å². The molecule has 0 N–H and O–H groups in total. The Morgan fingerprint density at radius 1 is 0.943 bits per heavy atom. The van der Waals surface area contributed by atoms with E-state index in [2.05, 4.69) is 17.1 Å². The fraction of sp³-hybridized carbons (Fsp3) is 0.222. The number of anilines is 1. The minimum atomic E-state index is -4.03. The molecule has 5 rings (SSSR count). The van der Waals surface area contributed by atoms with Crippen molar-refractivity contribution in [1.82, 2.24) is 4.98 Å². The van der Waals surface area contributed by atoms with E-state index in [1.807, 2.05) is 23.1 Å². The summed E-state index contributed by atoms with van der Waals surface area (Å²) >= 11 is 6.01. The van der Waals surface area contributed by atoms with Crippen molar-refractivity contribution in [1.29, 1.82) is 0 Å². The lowest BCUT2D eigenvalue weighted by atomic mass is 9.90. The Labute approximate surface area is 209 Å². The molecule has 5 nitrogen and oxygen atoms in total. The quantitative estimate of drug-likeness (QED) is 0.280. The van der Waals surface area contributed by atoms with Crippen LogP contribution in [0.2, 0.25) is 5.02 Å². The topological polar surface area (TPSA) is 63.4 Å². The molecule has 0 unspecified atom stereocenters. The summed E-state index contributed by atoms with van der Waals surface area (Å²) in [5, 5.41) is 0.399. The van der Waals surface area contributed by atoms with Gasteiger partial charge in [-0.3, -0.25) is 0 Å². The Balaban J connectivity index is 1.46. The Morgan fingerprint density at radius 3 is 2.26 bits per heavy atom. The zero-order chi connectivity index (χ0) is 24.4. The molecule has 1 aromatic heterocycles. The van der Waals surface area contributed by atoms with Crippen molar-refractivity contribution in [2.45, 2.75) is 29.2 Å². The molecule has 0 saturated carbocycles. The van der Waals surface area contributed by atoms with Gasteiger partial charge in [0.2, 0.25) is 26.6 Å². The molecule has 1 aliphatic rings. The van der Waals surface area contributed by atoms with Crippen molar-refractivity contribution in [3.05, 3.63) is 95.3 Å². The normalized spacial score (nSPS) is 14.9. The van der Waals surface area contributed by atoms with Gasteiger partial charge in [-0.2, -0.15) is 4.98 Å². The predicted octanol–water partition coefficient (Wildman–Crippen LogP) is 6.43. The largest absolute Gasteiger partial charge is 0.419 e. The van der Waals surface area contributed by atoms with Crippen molar-refractivity contribution < 1.29 is 17.2 Å². The Bertz CT molecular complexity index is 1400.